The first-order valence-corrected chi connectivity index (χ1v) is 8.81. The second-order valence-corrected chi connectivity index (χ2v) is 9.22. The number of hydrogen-bond acceptors (Lipinski definition) is 4. The number of ether oxygens (including phenoxy) is 2. The molecule has 1 amide bonds. The van der Waals surface area contributed by atoms with Crippen LogP contribution in [-0.4, -0.2) is 41.5 Å². The smallest absolute Gasteiger partial charge is 0.407 e. The van der Waals surface area contributed by atoms with Crippen molar-refractivity contribution < 1.29 is 14.3 Å². The van der Waals surface area contributed by atoms with Crippen molar-refractivity contribution in [3.8, 4) is 0 Å². The predicted octanol–water partition coefficient (Wildman–Crippen LogP) is 3.23. The third-order valence-corrected chi connectivity index (χ3v) is 4.55. The van der Waals surface area contributed by atoms with Gasteiger partial charge in [0.25, 0.3) is 0 Å². The molecule has 2 N–H and O–H groups in total. The van der Waals surface area contributed by atoms with Crippen LogP contribution < -0.4 is 10.6 Å². The van der Waals surface area contributed by atoms with Gasteiger partial charge in [-0.2, -0.15) is 0 Å². The largest absolute Gasteiger partial charge is 0.444 e. The third-order valence-electron chi connectivity index (χ3n) is 4.55. The van der Waals surface area contributed by atoms with E-state index < -0.39 is 5.60 Å². The summed E-state index contributed by atoms with van der Waals surface area (Å²) in [6, 6.07) is 0.577. The van der Waals surface area contributed by atoms with Crippen LogP contribution in [0.25, 0.3) is 0 Å². The van der Waals surface area contributed by atoms with E-state index in [0.29, 0.717) is 18.5 Å². The Kier molecular flexibility index (Phi) is 5.03. The fourth-order valence-corrected chi connectivity index (χ4v) is 3.45. The zero-order chi connectivity index (χ0) is 17.5. The summed E-state index contributed by atoms with van der Waals surface area (Å²) in [6.07, 6.45) is 3.10. The Labute approximate surface area is 140 Å². The lowest BCUT2D eigenvalue weighted by atomic mass is 9.93. The number of carbonyl (C=O) groups is 1. The average molecular weight is 326 g/mol. The van der Waals surface area contributed by atoms with Gasteiger partial charge in [0.1, 0.15) is 5.60 Å². The number of hydrogen-bond donors (Lipinski definition) is 2. The Morgan fingerprint density at radius 1 is 1.26 bits per heavy atom. The molecular formula is C18H34N2O3. The summed E-state index contributed by atoms with van der Waals surface area (Å²) >= 11 is 0. The van der Waals surface area contributed by atoms with Crippen LogP contribution in [0.5, 0.6) is 0 Å². The van der Waals surface area contributed by atoms with E-state index in [-0.39, 0.29) is 23.3 Å². The fraction of sp³-hybridized carbons (Fsp3) is 0.944. The van der Waals surface area contributed by atoms with Crippen LogP contribution in [0, 0.1) is 5.92 Å². The first kappa shape index (κ1) is 18.5. The van der Waals surface area contributed by atoms with E-state index in [1.807, 2.05) is 20.8 Å². The van der Waals surface area contributed by atoms with Crippen molar-refractivity contribution in [2.75, 3.05) is 6.54 Å². The molecule has 1 heterocycles. The molecule has 134 valence electrons. The Bertz CT molecular complexity index is 436. The molecule has 1 saturated carbocycles. The topological polar surface area (TPSA) is 59.6 Å². The molecule has 0 aromatic heterocycles. The first-order valence-electron chi connectivity index (χ1n) is 8.81. The lowest BCUT2D eigenvalue weighted by molar-refractivity contribution is -0.0705. The van der Waals surface area contributed by atoms with E-state index in [1.165, 1.54) is 12.8 Å². The monoisotopic (exact) mass is 326 g/mol. The van der Waals surface area contributed by atoms with Gasteiger partial charge in [0.05, 0.1) is 11.2 Å². The lowest BCUT2D eigenvalue weighted by Crippen LogP contribution is -2.52. The lowest BCUT2D eigenvalue weighted by Gasteiger charge is -2.31. The minimum absolute atomic E-state index is 0.103. The summed E-state index contributed by atoms with van der Waals surface area (Å²) in [5.41, 5.74) is -0.756. The normalized spacial score (nSPS) is 27.5. The minimum Gasteiger partial charge on any atom is -0.444 e. The van der Waals surface area contributed by atoms with Crippen LogP contribution in [-0.2, 0) is 9.47 Å². The van der Waals surface area contributed by atoms with Crippen LogP contribution >= 0.6 is 0 Å². The zero-order valence-corrected chi connectivity index (χ0v) is 15.8. The van der Waals surface area contributed by atoms with E-state index in [1.54, 1.807) is 0 Å². The summed E-state index contributed by atoms with van der Waals surface area (Å²) in [5.74, 6) is 0.643. The summed E-state index contributed by atoms with van der Waals surface area (Å²) in [5, 5.41) is 6.66. The number of amides is 1. The van der Waals surface area contributed by atoms with Gasteiger partial charge in [-0.15, -0.1) is 0 Å². The van der Waals surface area contributed by atoms with Gasteiger partial charge in [-0.1, -0.05) is 0 Å². The highest BCUT2D eigenvalue weighted by Gasteiger charge is 2.47. The molecule has 5 heteroatoms. The third kappa shape index (κ3) is 5.64. The molecule has 2 unspecified atom stereocenters. The number of alkyl carbamates (subject to hydrolysis) is 1. The van der Waals surface area contributed by atoms with Gasteiger partial charge in [-0.05, 0) is 73.6 Å². The highest BCUT2D eigenvalue weighted by molar-refractivity contribution is 5.67. The van der Waals surface area contributed by atoms with Crippen molar-refractivity contribution in [3.63, 3.8) is 0 Å². The van der Waals surface area contributed by atoms with Crippen molar-refractivity contribution >= 4 is 6.09 Å². The van der Waals surface area contributed by atoms with Gasteiger partial charge in [-0.25, -0.2) is 4.79 Å². The SMILES string of the molecule is CC(C)(C)OC(=O)NCC(NC1CC(C)(C)OC1(C)C)C1CC1. The second kappa shape index (κ2) is 6.25. The molecule has 23 heavy (non-hydrogen) atoms. The van der Waals surface area contributed by atoms with Crippen LogP contribution in [0.1, 0.15) is 67.7 Å². The van der Waals surface area contributed by atoms with Crippen molar-refractivity contribution in [2.24, 2.45) is 5.92 Å². The summed E-state index contributed by atoms with van der Waals surface area (Å²) in [6.45, 7) is 14.8. The second-order valence-electron chi connectivity index (χ2n) is 9.22. The maximum absolute atomic E-state index is 11.9. The molecule has 1 aliphatic carbocycles. The Morgan fingerprint density at radius 3 is 2.30 bits per heavy atom. The van der Waals surface area contributed by atoms with Crippen LogP contribution in [0.2, 0.25) is 0 Å². The maximum atomic E-state index is 11.9. The number of nitrogens with one attached hydrogen (secondary N) is 2. The average Bonchev–Trinajstić information content (AvgIpc) is 3.09. The molecule has 0 aromatic rings. The molecule has 0 bridgehead atoms. The number of carbonyl (C=O) groups excluding carboxylic acids is 1. The Balaban J connectivity index is 1.89. The van der Waals surface area contributed by atoms with E-state index in [2.05, 4.69) is 38.3 Å². The molecule has 0 spiro atoms. The van der Waals surface area contributed by atoms with Gasteiger partial charge in [0, 0.05) is 18.6 Å². The number of rotatable bonds is 5. The minimum atomic E-state index is -0.460. The molecular weight excluding hydrogens is 292 g/mol. The summed E-state index contributed by atoms with van der Waals surface area (Å²) < 4.78 is 11.5. The van der Waals surface area contributed by atoms with Gasteiger partial charge < -0.3 is 20.1 Å². The van der Waals surface area contributed by atoms with Crippen LogP contribution in [0.4, 0.5) is 4.79 Å². The molecule has 1 saturated heterocycles. The van der Waals surface area contributed by atoms with E-state index >= 15 is 0 Å². The Morgan fingerprint density at radius 2 is 1.87 bits per heavy atom. The molecule has 2 rings (SSSR count). The van der Waals surface area contributed by atoms with Gasteiger partial charge in [0.15, 0.2) is 0 Å². The standard InChI is InChI=1S/C18H34N2O3/c1-16(2,3)22-15(21)19-11-13(12-8-9-12)20-14-10-17(4,5)23-18(14,6)7/h12-14,20H,8-11H2,1-7H3,(H,19,21). The molecule has 2 fully saturated rings. The highest BCUT2D eigenvalue weighted by Crippen LogP contribution is 2.39. The zero-order valence-electron chi connectivity index (χ0n) is 15.8. The van der Waals surface area contributed by atoms with Gasteiger partial charge in [-0.3, -0.25) is 0 Å². The molecule has 1 aliphatic heterocycles. The molecule has 0 radical (unpaired) electrons. The molecule has 2 aliphatic rings. The fourth-order valence-electron chi connectivity index (χ4n) is 3.45. The van der Waals surface area contributed by atoms with Crippen molar-refractivity contribution in [2.45, 2.75) is 96.6 Å². The van der Waals surface area contributed by atoms with Crippen molar-refractivity contribution in [3.05, 3.63) is 0 Å². The maximum Gasteiger partial charge on any atom is 0.407 e. The molecule has 2 atom stereocenters. The van der Waals surface area contributed by atoms with E-state index in [4.69, 9.17) is 9.47 Å². The van der Waals surface area contributed by atoms with Gasteiger partial charge >= 0.3 is 6.09 Å². The summed E-state index contributed by atoms with van der Waals surface area (Å²) in [7, 11) is 0. The van der Waals surface area contributed by atoms with E-state index in [9.17, 15) is 4.79 Å². The van der Waals surface area contributed by atoms with E-state index in [0.717, 1.165) is 6.42 Å². The first-order chi connectivity index (χ1) is 10.4. The highest BCUT2D eigenvalue weighted by atomic mass is 16.6. The summed E-state index contributed by atoms with van der Waals surface area (Å²) in [4.78, 5) is 11.9. The van der Waals surface area contributed by atoms with Crippen molar-refractivity contribution in [1.29, 1.82) is 0 Å². The van der Waals surface area contributed by atoms with Crippen molar-refractivity contribution in [1.82, 2.24) is 10.6 Å². The van der Waals surface area contributed by atoms with Crippen LogP contribution in [0.3, 0.4) is 0 Å². The predicted molar refractivity (Wildman–Crippen MR) is 91.5 cm³/mol. The Hall–Kier alpha value is -0.810. The molecule has 5 nitrogen and oxygen atoms in total. The quantitative estimate of drug-likeness (QED) is 0.814. The molecule has 0 aromatic carbocycles. The van der Waals surface area contributed by atoms with Gasteiger partial charge in [0.2, 0.25) is 0 Å². The van der Waals surface area contributed by atoms with Crippen LogP contribution in [0.15, 0.2) is 0 Å².